The van der Waals surface area contributed by atoms with Crippen molar-refractivity contribution in [2.45, 2.75) is 13.2 Å². The lowest BCUT2D eigenvalue weighted by Gasteiger charge is -2.34. The van der Waals surface area contributed by atoms with Gasteiger partial charge in [-0.1, -0.05) is 6.07 Å². The molecular weight excluding hydrogens is 294 g/mol. The molecule has 0 atom stereocenters. The van der Waals surface area contributed by atoms with Gasteiger partial charge in [0.25, 0.3) is 5.91 Å². The summed E-state index contributed by atoms with van der Waals surface area (Å²) >= 11 is 0. The minimum atomic E-state index is -0.0511. The van der Waals surface area contributed by atoms with Crippen molar-refractivity contribution in [2.24, 2.45) is 0 Å². The first kappa shape index (κ1) is 15.7. The maximum Gasteiger partial charge on any atom is 0.289 e. The zero-order valence-corrected chi connectivity index (χ0v) is 13.3. The summed E-state index contributed by atoms with van der Waals surface area (Å²) in [5, 5.41) is 0. The van der Waals surface area contributed by atoms with E-state index in [1.54, 1.807) is 19.2 Å². The monoisotopic (exact) mass is 315 g/mol. The van der Waals surface area contributed by atoms with Crippen molar-refractivity contribution in [1.82, 2.24) is 14.8 Å². The number of rotatable bonds is 5. The molecule has 2 aromatic rings. The number of piperazine rings is 1. The predicted octanol–water partition coefficient (Wildman–Crippen LogP) is 1.78. The van der Waals surface area contributed by atoms with Gasteiger partial charge in [-0.3, -0.25) is 14.7 Å². The molecule has 3 rings (SSSR count). The Kier molecular flexibility index (Phi) is 5.05. The Balaban J connectivity index is 1.52. The number of amides is 1. The SMILES string of the molecule is COCc1ccc(C(=O)N2CCN(Cc3ccccn3)CC2)o1. The van der Waals surface area contributed by atoms with Gasteiger partial charge >= 0.3 is 0 Å². The molecule has 1 aliphatic heterocycles. The molecule has 0 spiro atoms. The van der Waals surface area contributed by atoms with Crippen LogP contribution in [-0.4, -0.2) is 54.0 Å². The largest absolute Gasteiger partial charge is 0.453 e. The van der Waals surface area contributed by atoms with E-state index in [-0.39, 0.29) is 5.91 Å². The molecule has 1 saturated heterocycles. The Morgan fingerprint density at radius 3 is 2.74 bits per heavy atom. The van der Waals surface area contributed by atoms with Crippen LogP contribution in [0.3, 0.4) is 0 Å². The molecule has 122 valence electrons. The summed E-state index contributed by atoms with van der Waals surface area (Å²) in [5.41, 5.74) is 1.06. The van der Waals surface area contributed by atoms with Crippen LogP contribution >= 0.6 is 0 Å². The molecule has 6 nitrogen and oxygen atoms in total. The first-order valence-corrected chi connectivity index (χ1v) is 7.75. The number of methoxy groups -OCH3 is 1. The Labute approximate surface area is 135 Å². The topological polar surface area (TPSA) is 58.8 Å². The second-order valence-electron chi connectivity index (χ2n) is 5.59. The maximum absolute atomic E-state index is 12.4. The van der Waals surface area contributed by atoms with Crippen molar-refractivity contribution >= 4 is 5.91 Å². The highest BCUT2D eigenvalue weighted by Crippen LogP contribution is 2.14. The standard InChI is InChI=1S/C17H21N3O3/c1-22-13-15-5-6-16(23-15)17(21)20-10-8-19(9-11-20)12-14-4-2-3-7-18-14/h2-7H,8-13H2,1H3. The normalized spacial score (nSPS) is 15.8. The molecule has 2 aromatic heterocycles. The van der Waals surface area contributed by atoms with Crippen molar-refractivity contribution < 1.29 is 13.9 Å². The van der Waals surface area contributed by atoms with Crippen LogP contribution in [0.2, 0.25) is 0 Å². The van der Waals surface area contributed by atoms with Gasteiger partial charge in [0.05, 0.1) is 5.69 Å². The lowest BCUT2D eigenvalue weighted by atomic mass is 10.2. The maximum atomic E-state index is 12.4. The minimum Gasteiger partial charge on any atom is -0.453 e. The first-order valence-electron chi connectivity index (χ1n) is 7.75. The number of hydrogen-bond acceptors (Lipinski definition) is 5. The molecule has 0 unspecified atom stereocenters. The van der Waals surface area contributed by atoms with Crippen molar-refractivity contribution in [1.29, 1.82) is 0 Å². The summed E-state index contributed by atoms with van der Waals surface area (Å²) in [5.74, 6) is 1.00. The van der Waals surface area contributed by atoms with Crippen LogP contribution in [0.5, 0.6) is 0 Å². The number of aromatic nitrogens is 1. The molecule has 0 aromatic carbocycles. The first-order chi connectivity index (χ1) is 11.3. The molecule has 23 heavy (non-hydrogen) atoms. The van der Waals surface area contributed by atoms with Gasteiger partial charge in [0.2, 0.25) is 0 Å². The highest BCUT2D eigenvalue weighted by Gasteiger charge is 2.24. The van der Waals surface area contributed by atoms with Gasteiger partial charge in [0.15, 0.2) is 5.76 Å². The lowest BCUT2D eigenvalue weighted by molar-refractivity contribution is 0.0590. The number of carbonyl (C=O) groups excluding carboxylic acids is 1. The third-order valence-corrected chi connectivity index (χ3v) is 3.93. The number of carbonyl (C=O) groups is 1. The van der Waals surface area contributed by atoms with E-state index < -0.39 is 0 Å². The summed E-state index contributed by atoms with van der Waals surface area (Å²) < 4.78 is 10.5. The van der Waals surface area contributed by atoms with E-state index in [0.717, 1.165) is 25.3 Å². The zero-order valence-electron chi connectivity index (χ0n) is 13.3. The summed E-state index contributed by atoms with van der Waals surface area (Å²) in [6, 6.07) is 9.45. The van der Waals surface area contributed by atoms with Crippen molar-refractivity contribution in [2.75, 3.05) is 33.3 Å². The number of furan rings is 1. The molecule has 0 N–H and O–H groups in total. The third-order valence-electron chi connectivity index (χ3n) is 3.93. The van der Waals surface area contributed by atoms with Crippen LogP contribution in [-0.2, 0) is 17.9 Å². The number of nitrogens with zero attached hydrogens (tertiary/aromatic N) is 3. The predicted molar refractivity (Wildman–Crippen MR) is 84.8 cm³/mol. The third kappa shape index (κ3) is 3.97. The number of hydrogen-bond donors (Lipinski definition) is 0. The van der Waals surface area contributed by atoms with Crippen molar-refractivity contribution in [3.05, 3.63) is 53.7 Å². The fraction of sp³-hybridized carbons (Fsp3) is 0.412. The fourth-order valence-corrected chi connectivity index (χ4v) is 2.70. The Hall–Kier alpha value is -2.18. The van der Waals surface area contributed by atoms with Gasteiger partial charge in [0.1, 0.15) is 12.4 Å². The van der Waals surface area contributed by atoms with E-state index in [9.17, 15) is 4.79 Å². The zero-order chi connectivity index (χ0) is 16.1. The van der Waals surface area contributed by atoms with E-state index in [1.165, 1.54) is 0 Å². The summed E-state index contributed by atoms with van der Waals surface area (Å²) in [6.45, 7) is 4.28. The van der Waals surface area contributed by atoms with Gasteiger partial charge in [-0.05, 0) is 24.3 Å². The smallest absolute Gasteiger partial charge is 0.289 e. The van der Waals surface area contributed by atoms with Crippen LogP contribution in [0.25, 0.3) is 0 Å². The molecule has 6 heteroatoms. The minimum absolute atomic E-state index is 0.0511. The summed E-state index contributed by atoms with van der Waals surface area (Å²) in [6.07, 6.45) is 1.81. The Morgan fingerprint density at radius 2 is 2.04 bits per heavy atom. The highest BCUT2D eigenvalue weighted by molar-refractivity contribution is 5.91. The number of ether oxygens (including phenoxy) is 1. The van der Waals surface area contributed by atoms with Gasteiger partial charge in [-0.25, -0.2) is 0 Å². The quantitative estimate of drug-likeness (QED) is 0.842. The van der Waals surface area contributed by atoms with Crippen LogP contribution in [0.1, 0.15) is 22.0 Å². The van der Waals surface area contributed by atoms with E-state index in [1.807, 2.05) is 29.3 Å². The fourth-order valence-electron chi connectivity index (χ4n) is 2.70. The summed E-state index contributed by atoms with van der Waals surface area (Å²) in [4.78, 5) is 20.9. The van der Waals surface area contributed by atoms with Crippen molar-refractivity contribution in [3.63, 3.8) is 0 Å². The van der Waals surface area contributed by atoms with E-state index in [4.69, 9.17) is 9.15 Å². The molecule has 0 bridgehead atoms. The lowest BCUT2D eigenvalue weighted by Crippen LogP contribution is -2.48. The van der Waals surface area contributed by atoms with Gasteiger partial charge in [-0.15, -0.1) is 0 Å². The molecule has 3 heterocycles. The van der Waals surface area contributed by atoms with Crippen molar-refractivity contribution in [3.8, 4) is 0 Å². The number of pyridine rings is 1. The van der Waals surface area contributed by atoms with E-state index in [2.05, 4.69) is 9.88 Å². The molecule has 0 aliphatic carbocycles. The molecule has 1 amide bonds. The average molecular weight is 315 g/mol. The second-order valence-corrected chi connectivity index (χ2v) is 5.59. The Bertz CT molecular complexity index is 634. The molecule has 1 aliphatic rings. The molecule has 1 fully saturated rings. The Morgan fingerprint density at radius 1 is 1.22 bits per heavy atom. The molecular formula is C17H21N3O3. The highest BCUT2D eigenvalue weighted by atomic mass is 16.5. The van der Waals surface area contributed by atoms with Gasteiger partial charge in [0, 0.05) is 46.0 Å². The molecule has 0 saturated carbocycles. The van der Waals surface area contributed by atoms with Crippen LogP contribution in [0.15, 0.2) is 40.9 Å². The average Bonchev–Trinajstić information content (AvgIpc) is 3.05. The summed E-state index contributed by atoms with van der Waals surface area (Å²) in [7, 11) is 1.60. The van der Waals surface area contributed by atoms with E-state index >= 15 is 0 Å². The van der Waals surface area contributed by atoms with Crippen LogP contribution in [0, 0.1) is 0 Å². The second kappa shape index (κ2) is 7.39. The van der Waals surface area contributed by atoms with Gasteiger partial charge in [-0.2, -0.15) is 0 Å². The van der Waals surface area contributed by atoms with E-state index in [0.29, 0.717) is 31.2 Å². The van der Waals surface area contributed by atoms with Crippen LogP contribution < -0.4 is 0 Å². The van der Waals surface area contributed by atoms with Crippen LogP contribution in [0.4, 0.5) is 0 Å². The molecule has 0 radical (unpaired) electrons. The van der Waals surface area contributed by atoms with Gasteiger partial charge < -0.3 is 14.1 Å².